The van der Waals surface area contributed by atoms with Gasteiger partial charge in [0, 0.05) is 80.9 Å². The van der Waals surface area contributed by atoms with Gasteiger partial charge in [-0.2, -0.15) is 47.0 Å². The molecular formula is C39H81BNO13S4. The number of aliphatic hydroxyl groups excluding tert-OH is 1. The van der Waals surface area contributed by atoms with Crippen LogP contribution in [0.1, 0.15) is 19.3 Å². The van der Waals surface area contributed by atoms with Gasteiger partial charge in [0.2, 0.25) is 0 Å². The van der Waals surface area contributed by atoms with Crippen LogP contribution >= 0.6 is 47.0 Å². The van der Waals surface area contributed by atoms with E-state index in [0.717, 1.165) is 92.3 Å². The number of ether oxygens (including phenoxy) is 11. The summed E-state index contributed by atoms with van der Waals surface area (Å²) in [6.07, 6.45) is 4.89. The molecule has 0 aliphatic carbocycles. The van der Waals surface area contributed by atoms with Crippen molar-refractivity contribution in [3.05, 3.63) is 12.7 Å². The first kappa shape index (κ1) is 62.9. The van der Waals surface area contributed by atoms with E-state index in [1.54, 1.807) is 6.08 Å². The van der Waals surface area contributed by atoms with Crippen molar-refractivity contribution in [3.8, 4) is 0 Å². The van der Waals surface area contributed by atoms with Gasteiger partial charge in [-0.25, -0.2) is 0 Å². The number of hydrogen-bond acceptors (Lipinski definition) is 17. The van der Waals surface area contributed by atoms with E-state index in [-0.39, 0.29) is 32.7 Å². The smallest absolute Gasteiger partial charge is 0.104 e. The van der Waals surface area contributed by atoms with Gasteiger partial charge >= 0.3 is 0 Å². The first-order valence-electron chi connectivity index (χ1n) is 20.2. The van der Waals surface area contributed by atoms with E-state index in [4.69, 9.17) is 57.2 Å². The van der Waals surface area contributed by atoms with E-state index in [1.165, 1.54) is 12.8 Å². The highest BCUT2D eigenvalue weighted by Gasteiger charge is 2.11. The molecular weight excluding hydrogens is 830 g/mol. The van der Waals surface area contributed by atoms with E-state index in [1.807, 2.05) is 73.1 Å². The Morgan fingerprint density at radius 1 is 0.552 bits per heavy atom. The summed E-state index contributed by atoms with van der Waals surface area (Å²) >= 11 is 7.32. The maximum atomic E-state index is 8.78. The van der Waals surface area contributed by atoms with Crippen molar-refractivity contribution in [2.45, 2.75) is 31.5 Å². The molecule has 0 aromatic heterocycles. The molecule has 3 radical (unpaired) electrons. The molecule has 0 saturated carbocycles. The summed E-state index contributed by atoms with van der Waals surface area (Å²) in [5.41, 5.74) is 0. The molecule has 0 amide bonds. The molecule has 3 saturated heterocycles. The van der Waals surface area contributed by atoms with Crippen LogP contribution in [0.5, 0.6) is 0 Å². The van der Waals surface area contributed by atoms with Crippen LogP contribution in [0.25, 0.3) is 0 Å². The van der Waals surface area contributed by atoms with Gasteiger partial charge in [-0.15, -0.1) is 6.58 Å². The summed E-state index contributed by atoms with van der Waals surface area (Å²) in [7, 11) is 6.00. The van der Waals surface area contributed by atoms with E-state index in [9.17, 15) is 0 Å². The zero-order chi connectivity index (χ0) is 40.7. The third kappa shape index (κ3) is 54.7. The predicted molar refractivity (Wildman–Crippen MR) is 246 cm³/mol. The molecule has 0 aromatic rings. The molecule has 3 N–H and O–H groups in total. The molecule has 3 rings (SSSR count). The summed E-state index contributed by atoms with van der Waals surface area (Å²) in [4.78, 5) is 2.00. The summed E-state index contributed by atoms with van der Waals surface area (Å²) < 4.78 is 61.2. The Labute approximate surface area is 371 Å². The molecule has 58 heavy (non-hydrogen) atoms. The van der Waals surface area contributed by atoms with Crippen molar-refractivity contribution < 1.29 is 62.7 Å². The lowest BCUT2D eigenvalue weighted by atomic mass is 10.4. The first-order chi connectivity index (χ1) is 27.6. The van der Waals surface area contributed by atoms with Crippen LogP contribution in [0.4, 0.5) is 0 Å². The van der Waals surface area contributed by atoms with Crippen molar-refractivity contribution in [2.24, 2.45) is 0 Å². The van der Waals surface area contributed by atoms with Gasteiger partial charge in [0.1, 0.15) is 12.2 Å². The molecule has 3 heterocycles. The molecule has 347 valence electrons. The third-order valence-electron chi connectivity index (χ3n) is 6.86. The molecule has 2 atom stereocenters. The second-order valence-corrected chi connectivity index (χ2v) is 17.6. The molecule has 14 nitrogen and oxygen atoms in total. The summed E-state index contributed by atoms with van der Waals surface area (Å²) in [6.45, 7) is 17.6. The first-order valence-corrected chi connectivity index (χ1v) is 24.8. The van der Waals surface area contributed by atoms with Gasteiger partial charge < -0.3 is 67.6 Å². The van der Waals surface area contributed by atoms with Crippen LogP contribution < -0.4 is 0 Å². The number of nitrogens with zero attached hydrogens (tertiary/aromatic N) is 1. The Morgan fingerprint density at radius 3 is 1.24 bits per heavy atom. The number of thioether (sulfide) groups is 4. The van der Waals surface area contributed by atoms with Gasteiger partial charge in [0.05, 0.1) is 112 Å². The molecule has 3 aliphatic rings. The standard InChI is InChI=1S/C16H32O6S2.C16H30O5S2.C4H8O.C3H9N.B.H2O/c17-2-1-3-20-14-16-15-21-8-12-23-10-6-18-4-5-19-7-11-24-13-9-22-16;1-2-3-19-14-16-15-20-8-12-22-10-6-17-4-5-18-7-11-23-13-9-21-16;1-2-4-5-3-1;1-4(2)3;;/h16-17H,1-15H2;2,16H,1,3-15H2;1-4H2;1-3H3;;1H2. The average molecular weight is 911 g/mol. The van der Waals surface area contributed by atoms with E-state index >= 15 is 0 Å². The largest absolute Gasteiger partial charge is 0.412 e. The molecule has 19 heteroatoms. The lowest BCUT2D eigenvalue weighted by molar-refractivity contribution is -0.0544. The van der Waals surface area contributed by atoms with Gasteiger partial charge in [-0.1, -0.05) is 6.08 Å². The lowest BCUT2D eigenvalue weighted by Gasteiger charge is -2.18. The minimum atomic E-state index is -0.0484. The van der Waals surface area contributed by atoms with Crippen LogP contribution in [-0.2, 0) is 52.1 Å². The summed E-state index contributed by atoms with van der Waals surface area (Å²) in [5.74, 6) is 7.71. The van der Waals surface area contributed by atoms with E-state index in [0.29, 0.717) is 92.3 Å². The second kappa shape index (κ2) is 55.7. The highest BCUT2D eigenvalue weighted by atomic mass is 32.2. The van der Waals surface area contributed by atoms with Crippen molar-refractivity contribution in [1.29, 1.82) is 0 Å². The fraction of sp³-hybridized carbons (Fsp3) is 0.949. The van der Waals surface area contributed by atoms with Gasteiger partial charge in [0.25, 0.3) is 0 Å². The average Bonchev–Trinajstić information content (AvgIpc) is 3.79. The van der Waals surface area contributed by atoms with Crippen LogP contribution in [-0.4, -0.2) is 242 Å². The third-order valence-corrected chi connectivity index (χ3v) is 10.5. The molecule has 2 unspecified atom stereocenters. The quantitative estimate of drug-likeness (QED) is 0.204. The monoisotopic (exact) mass is 910 g/mol. The Morgan fingerprint density at radius 2 is 0.897 bits per heavy atom. The predicted octanol–water partition coefficient (Wildman–Crippen LogP) is 3.17. The number of hydrogen-bond donors (Lipinski definition) is 1. The Balaban J connectivity index is -0.000000832. The Kier molecular flexibility index (Phi) is 60.4. The Bertz CT molecular complexity index is 717. The zero-order valence-corrected chi connectivity index (χ0v) is 39.4. The minimum absolute atomic E-state index is 0. The van der Waals surface area contributed by atoms with Gasteiger partial charge in [0.15, 0.2) is 0 Å². The van der Waals surface area contributed by atoms with E-state index < -0.39 is 0 Å². The fourth-order valence-electron chi connectivity index (χ4n) is 4.20. The summed E-state index contributed by atoms with van der Waals surface area (Å²) in [5, 5.41) is 8.78. The van der Waals surface area contributed by atoms with Crippen molar-refractivity contribution in [1.82, 2.24) is 4.90 Å². The zero-order valence-electron chi connectivity index (χ0n) is 36.2. The maximum Gasteiger partial charge on any atom is 0.104 e. The van der Waals surface area contributed by atoms with Crippen molar-refractivity contribution in [2.75, 3.05) is 206 Å². The lowest BCUT2D eigenvalue weighted by Crippen LogP contribution is -2.27. The minimum Gasteiger partial charge on any atom is -0.412 e. The molecule has 3 aliphatic heterocycles. The van der Waals surface area contributed by atoms with Crippen molar-refractivity contribution in [3.63, 3.8) is 0 Å². The number of rotatable bonds is 9. The normalized spacial score (nSPS) is 22.4. The highest BCUT2D eigenvalue weighted by Crippen LogP contribution is 2.07. The van der Waals surface area contributed by atoms with Gasteiger partial charge in [-0.3, -0.25) is 0 Å². The molecule has 0 aromatic carbocycles. The SMILES string of the molecule is C1CCOC1.C=CCOCC1COCCSCCOCCOCCSCCO1.CN(C)C.O.OCCCOCC1COCCSCCOCCOCCSCCO1.[B]. The van der Waals surface area contributed by atoms with Crippen molar-refractivity contribution >= 4 is 55.5 Å². The van der Waals surface area contributed by atoms with Crippen LogP contribution in [0.3, 0.4) is 0 Å². The highest BCUT2D eigenvalue weighted by molar-refractivity contribution is 7.99. The van der Waals surface area contributed by atoms with Gasteiger partial charge in [-0.05, 0) is 40.4 Å². The molecule has 0 bridgehead atoms. The van der Waals surface area contributed by atoms with E-state index in [2.05, 4.69) is 6.58 Å². The van der Waals surface area contributed by atoms with Crippen LogP contribution in [0, 0.1) is 0 Å². The Hall–Kier alpha value is 0.645. The second-order valence-electron chi connectivity index (χ2n) is 12.7. The maximum absolute atomic E-state index is 8.78. The van der Waals surface area contributed by atoms with Crippen LogP contribution in [0.15, 0.2) is 12.7 Å². The number of aliphatic hydroxyl groups is 1. The molecule has 3 fully saturated rings. The molecule has 0 spiro atoms. The van der Waals surface area contributed by atoms with Crippen LogP contribution in [0.2, 0.25) is 0 Å². The summed E-state index contributed by atoms with van der Waals surface area (Å²) in [6, 6.07) is 0. The topological polar surface area (TPSA) is 156 Å². The fourth-order valence-corrected chi connectivity index (χ4v) is 6.86.